The number of hydrogen-bond acceptors (Lipinski definition) is 2. The fourth-order valence-corrected chi connectivity index (χ4v) is 4.13. The molecule has 2 unspecified atom stereocenters. The zero-order valence-electron chi connectivity index (χ0n) is 11.4. The van der Waals surface area contributed by atoms with Crippen molar-refractivity contribution >= 4 is 0 Å². The molecule has 0 aromatic rings. The number of nitrogens with one attached hydrogen (secondary N) is 1. The van der Waals surface area contributed by atoms with Crippen LogP contribution in [0.4, 0.5) is 0 Å². The Bertz CT molecular complexity index is 274. The normalized spacial score (nSPS) is 43.4. The van der Waals surface area contributed by atoms with Crippen LogP contribution in [0.15, 0.2) is 0 Å². The Morgan fingerprint density at radius 1 is 1.18 bits per heavy atom. The van der Waals surface area contributed by atoms with Gasteiger partial charge in [0.1, 0.15) is 0 Å². The first-order valence-corrected chi connectivity index (χ1v) is 7.66. The van der Waals surface area contributed by atoms with Gasteiger partial charge in [-0.25, -0.2) is 0 Å². The summed E-state index contributed by atoms with van der Waals surface area (Å²) in [6.45, 7) is 5.51. The number of fused-ring (bicyclic) bond motifs is 1. The molecule has 3 aliphatic rings. The van der Waals surface area contributed by atoms with Crippen molar-refractivity contribution in [2.24, 2.45) is 11.8 Å². The third-order valence-electron chi connectivity index (χ3n) is 5.57. The molecule has 1 heterocycles. The van der Waals surface area contributed by atoms with Crippen molar-refractivity contribution < 1.29 is 4.74 Å². The second-order valence-electron chi connectivity index (χ2n) is 6.44. The first-order chi connectivity index (χ1) is 8.26. The van der Waals surface area contributed by atoms with Crippen LogP contribution in [0, 0.1) is 11.8 Å². The summed E-state index contributed by atoms with van der Waals surface area (Å²) in [5.74, 6) is 2.13. The Hall–Kier alpha value is -0.0800. The largest absolute Gasteiger partial charge is 0.375 e. The minimum Gasteiger partial charge on any atom is -0.375 e. The molecule has 0 aromatic heterocycles. The Morgan fingerprint density at radius 2 is 2.00 bits per heavy atom. The van der Waals surface area contributed by atoms with Crippen LogP contribution < -0.4 is 5.32 Å². The van der Waals surface area contributed by atoms with Crippen molar-refractivity contribution in [3.63, 3.8) is 0 Å². The average Bonchev–Trinajstić information content (AvgIpc) is 3.06. The van der Waals surface area contributed by atoms with Crippen molar-refractivity contribution in [3.05, 3.63) is 0 Å². The number of hydrogen-bond donors (Lipinski definition) is 1. The summed E-state index contributed by atoms with van der Waals surface area (Å²) in [5.41, 5.74) is 0.178. The van der Waals surface area contributed by atoms with Crippen LogP contribution in [-0.2, 0) is 4.74 Å². The van der Waals surface area contributed by atoms with Crippen LogP contribution >= 0.6 is 0 Å². The van der Waals surface area contributed by atoms with E-state index >= 15 is 0 Å². The van der Waals surface area contributed by atoms with Crippen LogP contribution in [0.25, 0.3) is 0 Å². The van der Waals surface area contributed by atoms with Gasteiger partial charge in [0.05, 0.1) is 5.60 Å². The van der Waals surface area contributed by atoms with E-state index in [1.165, 1.54) is 44.9 Å². The van der Waals surface area contributed by atoms with E-state index in [4.69, 9.17) is 4.74 Å². The van der Waals surface area contributed by atoms with E-state index in [0.717, 1.165) is 24.5 Å². The first-order valence-electron chi connectivity index (χ1n) is 7.66. The van der Waals surface area contributed by atoms with Crippen molar-refractivity contribution in [1.82, 2.24) is 5.32 Å². The lowest BCUT2D eigenvalue weighted by molar-refractivity contribution is -0.0942. The summed E-state index contributed by atoms with van der Waals surface area (Å²) in [6.07, 6.45) is 9.20. The van der Waals surface area contributed by atoms with Gasteiger partial charge in [-0.15, -0.1) is 0 Å². The Kier molecular flexibility index (Phi) is 3.20. The molecule has 0 amide bonds. The number of ether oxygens (including phenoxy) is 1. The van der Waals surface area contributed by atoms with E-state index in [1.807, 2.05) is 0 Å². The molecule has 3 fully saturated rings. The van der Waals surface area contributed by atoms with Gasteiger partial charge in [-0.05, 0) is 56.8 Å². The van der Waals surface area contributed by atoms with Gasteiger partial charge in [-0.1, -0.05) is 13.8 Å². The molecule has 2 aliphatic carbocycles. The highest BCUT2D eigenvalue weighted by Gasteiger charge is 2.48. The quantitative estimate of drug-likeness (QED) is 0.811. The monoisotopic (exact) mass is 237 g/mol. The Morgan fingerprint density at radius 3 is 2.59 bits per heavy atom. The Labute approximate surface area is 105 Å². The van der Waals surface area contributed by atoms with Gasteiger partial charge in [0.2, 0.25) is 0 Å². The topological polar surface area (TPSA) is 21.3 Å². The SMILES string of the molecule is CCC1(CC)CC(NC2CC[C@H]3C[C@@H]23)CCO1. The maximum atomic E-state index is 6.06. The molecule has 2 nitrogen and oxygen atoms in total. The van der Waals surface area contributed by atoms with Gasteiger partial charge in [-0.2, -0.15) is 0 Å². The van der Waals surface area contributed by atoms with Gasteiger partial charge in [0, 0.05) is 18.7 Å². The van der Waals surface area contributed by atoms with Gasteiger partial charge in [0.15, 0.2) is 0 Å². The van der Waals surface area contributed by atoms with E-state index in [9.17, 15) is 0 Å². The molecule has 2 saturated carbocycles. The van der Waals surface area contributed by atoms with Crippen LogP contribution in [0.3, 0.4) is 0 Å². The van der Waals surface area contributed by atoms with Crippen molar-refractivity contribution in [3.8, 4) is 0 Å². The molecule has 1 aliphatic heterocycles. The molecule has 2 heteroatoms. The van der Waals surface area contributed by atoms with Crippen molar-refractivity contribution in [2.75, 3.05) is 6.61 Å². The summed E-state index contributed by atoms with van der Waals surface area (Å²) in [5, 5.41) is 3.95. The van der Waals surface area contributed by atoms with Crippen LogP contribution in [-0.4, -0.2) is 24.3 Å². The van der Waals surface area contributed by atoms with Crippen LogP contribution in [0.5, 0.6) is 0 Å². The Balaban J connectivity index is 1.56. The zero-order chi connectivity index (χ0) is 11.9. The molecular formula is C15H27NO. The third kappa shape index (κ3) is 2.26. The van der Waals surface area contributed by atoms with E-state index in [1.54, 1.807) is 0 Å². The van der Waals surface area contributed by atoms with Crippen molar-refractivity contribution in [2.45, 2.75) is 76.5 Å². The maximum absolute atomic E-state index is 6.06. The van der Waals surface area contributed by atoms with Crippen LogP contribution in [0.2, 0.25) is 0 Å². The summed E-state index contributed by atoms with van der Waals surface area (Å²) < 4.78 is 6.06. The van der Waals surface area contributed by atoms with E-state index in [-0.39, 0.29) is 5.60 Å². The van der Waals surface area contributed by atoms with E-state index in [2.05, 4.69) is 19.2 Å². The molecule has 1 saturated heterocycles. The second kappa shape index (κ2) is 4.55. The minimum atomic E-state index is 0.178. The van der Waals surface area contributed by atoms with Gasteiger partial charge in [0.25, 0.3) is 0 Å². The van der Waals surface area contributed by atoms with Crippen LogP contribution in [0.1, 0.15) is 58.8 Å². The fourth-order valence-electron chi connectivity index (χ4n) is 4.13. The van der Waals surface area contributed by atoms with Gasteiger partial charge in [-0.3, -0.25) is 0 Å². The lowest BCUT2D eigenvalue weighted by Crippen LogP contribution is -2.49. The third-order valence-corrected chi connectivity index (χ3v) is 5.57. The lowest BCUT2D eigenvalue weighted by Gasteiger charge is -2.41. The number of rotatable bonds is 4. The van der Waals surface area contributed by atoms with Gasteiger partial charge >= 0.3 is 0 Å². The highest BCUT2D eigenvalue weighted by molar-refractivity contribution is 5.03. The molecule has 0 radical (unpaired) electrons. The molecule has 1 N–H and O–H groups in total. The smallest absolute Gasteiger partial charge is 0.0692 e. The first kappa shape index (κ1) is 12.0. The summed E-state index contributed by atoms with van der Waals surface area (Å²) >= 11 is 0. The molecule has 0 spiro atoms. The summed E-state index contributed by atoms with van der Waals surface area (Å²) in [6, 6.07) is 1.56. The lowest BCUT2D eigenvalue weighted by atomic mass is 9.85. The fraction of sp³-hybridized carbons (Fsp3) is 1.00. The zero-order valence-corrected chi connectivity index (χ0v) is 11.4. The molecule has 4 atom stereocenters. The summed E-state index contributed by atoms with van der Waals surface area (Å²) in [4.78, 5) is 0. The molecule has 17 heavy (non-hydrogen) atoms. The average molecular weight is 237 g/mol. The van der Waals surface area contributed by atoms with E-state index in [0.29, 0.717) is 6.04 Å². The molecule has 0 aromatic carbocycles. The maximum Gasteiger partial charge on any atom is 0.0692 e. The predicted molar refractivity (Wildman–Crippen MR) is 70.0 cm³/mol. The van der Waals surface area contributed by atoms with Gasteiger partial charge < -0.3 is 10.1 Å². The summed E-state index contributed by atoms with van der Waals surface area (Å²) in [7, 11) is 0. The molecule has 98 valence electrons. The highest BCUT2D eigenvalue weighted by Crippen LogP contribution is 2.52. The molecule has 0 bridgehead atoms. The minimum absolute atomic E-state index is 0.178. The predicted octanol–water partition coefficient (Wildman–Crippen LogP) is 3.11. The molecular weight excluding hydrogens is 210 g/mol. The molecule has 3 rings (SSSR count). The van der Waals surface area contributed by atoms with Crippen molar-refractivity contribution in [1.29, 1.82) is 0 Å². The standard InChI is InChI=1S/C15H27NO/c1-3-15(4-2)10-12(7-8-17-15)16-14-6-5-11-9-13(11)14/h11-14,16H,3-10H2,1-2H3/t11-,12?,13+,14?/m0/s1. The highest BCUT2D eigenvalue weighted by atomic mass is 16.5. The second-order valence-corrected chi connectivity index (χ2v) is 6.44. The van der Waals surface area contributed by atoms with E-state index < -0.39 is 0 Å².